The number of carbonyl (C=O) groups is 2. The molecule has 1 aliphatic rings. The molecule has 0 saturated carbocycles. The van der Waals surface area contributed by atoms with Crippen molar-refractivity contribution < 1.29 is 23.8 Å². The molecule has 0 bridgehead atoms. The molecule has 0 spiro atoms. The molecule has 1 aliphatic heterocycles. The van der Waals surface area contributed by atoms with E-state index in [4.69, 9.17) is 14.2 Å². The number of alkyl carbamates (subject to hydrolysis) is 1. The number of aryl methyl sites for hydroxylation is 1. The minimum absolute atomic E-state index is 0.246. The predicted octanol–water partition coefficient (Wildman–Crippen LogP) is 4.22. The average molecular weight is 493 g/mol. The number of methoxy groups -OCH3 is 1. The lowest BCUT2D eigenvalue weighted by Crippen LogP contribution is -2.65. The second-order valence-corrected chi connectivity index (χ2v) is 10.0. The summed E-state index contributed by atoms with van der Waals surface area (Å²) >= 11 is 0. The molecule has 1 atom stereocenters. The first-order valence-electron chi connectivity index (χ1n) is 12.1. The quantitative estimate of drug-likeness (QED) is 0.559. The monoisotopic (exact) mass is 492 g/mol. The average Bonchev–Trinajstić information content (AvgIpc) is 2.80. The Bertz CT molecular complexity index is 1120. The maximum atomic E-state index is 13.6. The summed E-state index contributed by atoms with van der Waals surface area (Å²) in [5.74, 6) is 6.26. The highest BCUT2D eigenvalue weighted by atomic mass is 16.6. The van der Waals surface area contributed by atoms with Crippen molar-refractivity contribution in [1.82, 2.24) is 10.2 Å². The summed E-state index contributed by atoms with van der Waals surface area (Å²) in [7, 11) is 1.60. The van der Waals surface area contributed by atoms with Gasteiger partial charge < -0.3 is 24.4 Å². The van der Waals surface area contributed by atoms with Crippen LogP contribution in [0.1, 0.15) is 44.4 Å². The molecule has 2 amide bonds. The van der Waals surface area contributed by atoms with Crippen LogP contribution < -0.4 is 10.1 Å². The van der Waals surface area contributed by atoms with Gasteiger partial charge >= 0.3 is 6.09 Å². The third-order valence-corrected chi connectivity index (χ3v) is 6.02. The molecule has 1 N–H and O–H groups in total. The Morgan fingerprint density at radius 1 is 1.11 bits per heavy atom. The van der Waals surface area contributed by atoms with Crippen molar-refractivity contribution in [3.63, 3.8) is 0 Å². The van der Waals surface area contributed by atoms with E-state index in [9.17, 15) is 9.59 Å². The summed E-state index contributed by atoms with van der Waals surface area (Å²) in [6, 6.07) is 15.4. The summed E-state index contributed by atoms with van der Waals surface area (Å²) < 4.78 is 17.1. The molecule has 7 nitrogen and oxygen atoms in total. The fourth-order valence-corrected chi connectivity index (χ4v) is 4.22. The zero-order chi connectivity index (χ0) is 26.3. The van der Waals surface area contributed by atoms with E-state index in [1.165, 1.54) is 0 Å². The van der Waals surface area contributed by atoms with Crippen LogP contribution in [-0.4, -0.2) is 55.3 Å². The number of nitrogens with zero attached hydrogens (tertiary/aromatic N) is 1. The number of carbonyl (C=O) groups excluding carboxylic acids is 2. The lowest BCUT2D eigenvalue weighted by molar-refractivity contribution is -0.176. The molecule has 1 saturated heterocycles. The minimum atomic E-state index is -0.981. The van der Waals surface area contributed by atoms with Gasteiger partial charge in [0.25, 0.3) is 5.91 Å². The fraction of sp³-hybridized carbons (Fsp3) is 0.448. The summed E-state index contributed by atoms with van der Waals surface area (Å²) in [6.07, 6.45) is -1.36. The third kappa shape index (κ3) is 6.79. The topological polar surface area (TPSA) is 77.1 Å². The van der Waals surface area contributed by atoms with E-state index in [0.29, 0.717) is 18.8 Å². The van der Waals surface area contributed by atoms with E-state index >= 15 is 0 Å². The first-order valence-corrected chi connectivity index (χ1v) is 12.1. The fourth-order valence-electron chi connectivity index (χ4n) is 4.22. The van der Waals surface area contributed by atoms with Crippen LogP contribution in [0.5, 0.6) is 5.75 Å². The number of hydrogen-bond donors (Lipinski definition) is 1. The Balaban J connectivity index is 1.80. The van der Waals surface area contributed by atoms with Gasteiger partial charge in [-0.3, -0.25) is 4.79 Å². The van der Waals surface area contributed by atoms with Crippen molar-refractivity contribution in [3.05, 3.63) is 65.2 Å². The molecule has 0 radical (unpaired) electrons. The van der Waals surface area contributed by atoms with Crippen molar-refractivity contribution in [2.24, 2.45) is 0 Å². The van der Waals surface area contributed by atoms with Gasteiger partial charge in [0.1, 0.15) is 18.0 Å². The van der Waals surface area contributed by atoms with Crippen molar-refractivity contribution in [2.75, 3.05) is 26.8 Å². The maximum absolute atomic E-state index is 13.6. The smallest absolute Gasteiger partial charge is 0.408 e. The highest BCUT2D eigenvalue weighted by molar-refractivity contribution is 5.85. The van der Waals surface area contributed by atoms with Crippen LogP contribution in [-0.2, 0) is 26.3 Å². The Morgan fingerprint density at radius 2 is 1.78 bits per heavy atom. The molecule has 0 unspecified atom stereocenters. The number of ether oxygens (including phenoxy) is 3. The largest absolute Gasteiger partial charge is 0.497 e. The van der Waals surface area contributed by atoms with Gasteiger partial charge in [-0.05, 0) is 63.4 Å². The van der Waals surface area contributed by atoms with Crippen molar-refractivity contribution in [1.29, 1.82) is 0 Å². The lowest BCUT2D eigenvalue weighted by Gasteiger charge is -2.50. The Labute approximate surface area is 214 Å². The van der Waals surface area contributed by atoms with Crippen LogP contribution in [0, 0.1) is 18.8 Å². The molecule has 3 rings (SSSR count). The first kappa shape index (κ1) is 27.1. The molecule has 2 aromatic rings. The van der Waals surface area contributed by atoms with E-state index in [1.54, 1.807) is 18.9 Å². The van der Waals surface area contributed by atoms with Gasteiger partial charge in [-0.15, -0.1) is 5.92 Å². The SMILES string of the molecule is CC#CCOC1(c2ccccc2C)CN(C(=O)[C@@H](Cc2ccc(OC)cc2)OC(=O)NC(C)(C)C)C1. The molecule has 0 aromatic heterocycles. The molecule has 36 heavy (non-hydrogen) atoms. The van der Waals surface area contributed by atoms with Crippen LogP contribution in [0.25, 0.3) is 0 Å². The summed E-state index contributed by atoms with van der Waals surface area (Å²) in [5.41, 5.74) is 1.84. The Kier molecular flexibility index (Phi) is 8.65. The number of likely N-dealkylation sites (tertiary alicyclic amines) is 1. The van der Waals surface area contributed by atoms with Crippen LogP contribution >= 0.6 is 0 Å². The van der Waals surface area contributed by atoms with E-state index in [1.807, 2.05) is 76.2 Å². The molecule has 192 valence electrons. The molecular formula is C29H36N2O5. The molecule has 2 aromatic carbocycles. The number of amides is 2. The number of rotatable bonds is 8. The van der Waals surface area contributed by atoms with E-state index in [-0.39, 0.29) is 18.9 Å². The number of hydrogen-bond acceptors (Lipinski definition) is 5. The van der Waals surface area contributed by atoms with Crippen LogP contribution in [0.4, 0.5) is 4.79 Å². The number of nitrogens with one attached hydrogen (secondary N) is 1. The highest BCUT2D eigenvalue weighted by Gasteiger charge is 2.50. The zero-order valence-electron chi connectivity index (χ0n) is 22.0. The van der Waals surface area contributed by atoms with Gasteiger partial charge in [0.2, 0.25) is 0 Å². The second-order valence-electron chi connectivity index (χ2n) is 10.0. The summed E-state index contributed by atoms with van der Waals surface area (Å²) in [5, 5.41) is 2.78. The summed E-state index contributed by atoms with van der Waals surface area (Å²) in [6.45, 7) is 10.3. The van der Waals surface area contributed by atoms with Crippen LogP contribution in [0.3, 0.4) is 0 Å². The van der Waals surface area contributed by atoms with Gasteiger partial charge in [-0.1, -0.05) is 42.3 Å². The predicted molar refractivity (Wildman–Crippen MR) is 139 cm³/mol. The van der Waals surface area contributed by atoms with Gasteiger partial charge in [-0.25, -0.2) is 4.79 Å². The van der Waals surface area contributed by atoms with Crippen molar-refractivity contribution in [3.8, 4) is 17.6 Å². The van der Waals surface area contributed by atoms with Gasteiger partial charge in [-0.2, -0.15) is 0 Å². The molecule has 7 heteroatoms. The number of benzene rings is 2. The summed E-state index contributed by atoms with van der Waals surface area (Å²) in [4.78, 5) is 27.9. The normalized spacial score (nSPS) is 15.1. The van der Waals surface area contributed by atoms with Gasteiger partial charge in [0, 0.05) is 12.0 Å². The van der Waals surface area contributed by atoms with E-state index in [2.05, 4.69) is 17.2 Å². The standard InChI is InChI=1S/C29H36N2O5/c1-7-8-17-35-29(24-12-10-9-11-21(24)2)19-31(20-29)26(32)25(36-27(33)30-28(3,4)5)18-22-13-15-23(34-6)16-14-22/h9-16,25H,17-20H2,1-6H3,(H,30,33)/t25-/m1/s1. The Hall–Kier alpha value is -3.50. The lowest BCUT2D eigenvalue weighted by atomic mass is 9.82. The zero-order valence-corrected chi connectivity index (χ0v) is 22.0. The van der Waals surface area contributed by atoms with Crippen LogP contribution in [0.15, 0.2) is 48.5 Å². The molecule has 1 fully saturated rings. The molecule has 0 aliphatic carbocycles. The highest BCUT2D eigenvalue weighted by Crippen LogP contribution is 2.38. The third-order valence-electron chi connectivity index (χ3n) is 6.02. The van der Waals surface area contributed by atoms with Crippen molar-refractivity contribution >= 4 is 12.0 Å². The van der Waals surface area contributed by atoms with E-state index < -0.39 is 23.3 Å². The van der Waals surface area contributed by atoms with Gasteiger partial charge in [0.05, 0.1) is 20.2 Å². The van der Waals surface area contributed by atoms with E-state index in [0.717, 1.165) is 16.7 Å². The maximum Gasteiger partial charge on any atom is 0.408 e. The van der Waals surface area contributed by atoms with Crippen LogP contribution in [0.2, 0.25) is 0 Å². The Morgan fingerprint density at radius 3 is 2.36 bits per heavy atom. The molecular weight excluding hydrogens is 456 g/mol. The van der Waals surface area contributed by atoms with Gasteiger partial charge in [0.15, 0.2) is 6.10 Å². The minimum Gasteiger partial charge on any atom is -0.497 e. The molecule has 1 heterocycles. The second kappa shape index (κ2) is 11.5. The van der Waals surface area contributed by atoms with Crippen molar-refractivity contribution in [2.45, 2.75) is 58.3 Å². The first-order chi connectivity index (χ1) is 17.1.